The smallest absolute Gasteiger partial charge is 0.308 e. The van der Waals surface area contributed by atoms with Crippen LogP contribution < -0.4 is 5.73 Å². The molecule has 2 rings (SSSR count). The van der Waals surface area contributed by atoms with Crippen LogP contribution in [0.1, 0.15) is 39.0 Å². The van der Waals surface area contributed by atoms with Crippen molar-refractivity contribution in [3.63, 3.8) is 0 Å². The van der Waals surface area contributed by atoms with E-state index < -0.39 is 0 Å². The van der Waals surface area contributed by atoms with Gasteiger partial charge in [-0.3, -0.25) is 14.5 Å². The molecule has 0 aromatic rings. The van der Waals surface area contributed by atoms with Gasteiger partial charge in [0.25, 0.3) is 0 Å². The molecule has 0 saturated carbocycles. The summed E-state index contributed by atoms with van der Waals surface area (Å²) in [6, 6.07) is 0.406. The summed E-state index contributed by atoms with van der Waals surface area (Å²) in [5.41, 5.74) is 6.06. The van der Waals surface area contributed by atoms with Crippen molar-refractivity contribution in [2.75, 3.05) is 33.3 Å². The van der Waals surface area contributed by atoms with Gasteiger partial charge in [0, 0.05) is 25.2 Å². The summed E-state index contributed by atoms with van der Waals surface area (Å²) in [6.07, 6.45) is 4.82. The number of amides is 1. The molecule has 2 unspecified atom stereocenters. The van der Waals surface area contributed by atoms with E-state index in [0.29, 0.717) is 38.5 Å². The molecular formula is C16H30ClN3O3. The second kappa shape index (κ2) is 9.45. The zero-order chi connectivity index (χ0) is 16.1. The third kappa shape index (κ3) is 5.33. The summed E-state index contributed by atoms with van der Waals surface area (Å²) in [5.74, 6) is -0.0446. The number of halogens is 1. The first-order chi connectivity index (χ1) is 10.5. The molecule has 134 valence electrons. The predicted octanol–water partition coefficient (Wildman–Crippen LogP) is 1.02. The second-order valence-electron chi connectivity index (χ2n) is 6.57. The Morgan fingerprint density at radius 3 is 2.39 bits per heavy atom. The number of methoxy groups -OCH3 is 1. The van der Waals surface area contributed by atoms with Crippen LogP contribution in [0.4, 0.5) is 0 Å². The zero-order valence-electron chi connectivity index (χ0n) is 14.2. The summed E-state index contributed by atoms with van der Waals surface area (Å²) in [7, 11) is 1.42. The van der Waals surface area contributed by atoms with Crippen LogP contribution in [-0.2, 0) is 14.3 Å². The van der Waals surface area contributed by atoms with Crippen LogP contribution in [0.25, 0.3) is 0 Å². The van der Waals surface area contributed by atoms with E-state index in [9.17, 15) is 9.59 Å². The van der Waals surface area contributed by atoms with Crippen molar-refractivity contribution < 1.29 is 14.3 Å². The number of esters is 1. The fourth-order valence-electron chi connectivity index (χ4n) is 3.61. The van der Waals surface area contributed by atoms with E-state index in [2.05, 4.69) is 4.90 Å². The summed E-state index contributed by atoms with van der Waals surface area (Å²) >= 11 is 0. The first kappa shape index (κ1) is 20.2. The lowest BCUT2D eigenvalue weighted by molar-refractivity contribution is -0.149. The lowest BCUT2D eigenvalue weighted by Gasteiger charge is -2.39. The molecule has 2 aliphatic rings. The Bertz CT molecular complexity index is 398. The van der Waals surface area contributed by atoms with Gasteiger partial charge in [0.05, 0.1) is 19.6 Å². The monoisotopic (exact) mass is 347 g/mol. The quantitative estimate of drug-likeness (QED) is 0.768. The summed E-state index contributed by atoms with van der Waals surface area (Å²) < 4.78 is 4.78. The molecule has 2 aliphatic heterocycles. The molecule has 2 saturated heterocycles. The number of carbonyl (C=O) groups is 2. The molecule has 0 radical (unpaired) electrons. The summed E-state index contributed by atoms with van der Waals surface area (Å²) in [5, 5.41) is 0. The van der Waals surface area contributed by atoms with Crippen LogP contribution in [0.5, 0.6) is 0 Å². The van der Waals surface area contributed by atoms with Crippen LogP contribution in [0.3, 0.4) is 0 Å². The van der Waals surface area contributed by atoms with Gasteiger partial charge in [0.15, 0.2) is 0 Å². The van der Waals surface area contributed by atoms with Gasteiger partial charge in [0.2, 0.25) is 5.91 Å². The van der Waals surface area contributed by atoms with Gasteiger partial charge in [-0.05, 0) is 39.2 Å². The maximum absolute atomic E-state index is 12.5. The van der Waals surface area contributed by atoms with E-state index in [1.807, 2.05) is 11.8 Å². The molecule has 0 bridgehead atoms. The minimum absolute atomic E-state index is 0. The average molecular weight is 348 g/mol. The standard InChI is InChI=1S/C16H29N3O3.ClH/c1-12(17)14-5-3-4-8-19(14)11-15(20)18-9-6-13(7-10-18)16(21)22-2;/h12-14H,3-11,17H2,1-2H3;1H. The molecule has 2 heterocycles. The molecule has 23 heavy (non-hydrogen) atoms. The Hall–Kier alpha value is -0.850. The molecular weight excluding hydrogens is 318 g/mol. The maximum atomic E-state index is 12.5. The third-order valence-corrected chi connectivity index (χ3v) is 4.99. The first-order valence-corrected chi connectivity index (χ1v) is 8.38. The number of nitrogens with zero attached hydrogens (tertiary/aromatic N) is 2. The predicted molar refractivity (Wildman–Crippen MR) is 91.4 cm³/mol. The molecule has 6 nitrogen and oxygen atoms in total. The highest BCUT2D eigenvalue weighted by atomic mass is 35.5. The van der Waals surface area contributed by atoms with E-state index in [1.54, 1.807) is 0 Å². The van der Waals surface area contributed by atoms with Crippen molar-refractivity contribution in [2.45, 2.75) is 51.1 Å². The molecule has 7 heteroatoms. The van der Waals surface area contributed by atoms with Gasteiger partial charge in [-0.25, -0.2) is 0 Å². The van der Waals surface area contributed by atoms with Crippen molar-refractivity contribution in [3.8, 4) is 0 Å². The zero-order valence-corrected chi connectivity index (χ0v) is 15.0. The number of rotatable bonds is 4. The van der Waals surface area contributed by atoms with Gasteiger partial charge in [-0.1, -0.05) is 6.42 Å². The summed E-state index contributed by atoms with van der Waals surface area (Å²) in [6.45, 7) is 4.73. The summed E-state index contributed by atoms with van der Waals surface area (Å²) in [4.78, 5) is 28.2. The van der Waals surface area contributed by atoms with Crippen molar-refractivity contribution >= 4 is 24.3 Å². The van der Waals surface area contributed by atoms with Gasteiger partial charge in [-0.2, -0.15) is 0 Å². The molecule has 0 aliphatic carbocycles. The highest BCUT2D eigenvalue weighted by molar-refractivity contribution is 5.85. The molecule has 2 N–H and O–H groups in total. The Labute approximate surface area is 145 Å². The Morgan fingerprint density at radius 2 is 1.83 bits per heavy atom. The van der Waals surface area contributed by atoms with E-state index in [1.165, 1.54) is 13.5 Å². The first-order valence-electron chi connectivity index (χ1n) is 8.38. The minimum atomic E-state index is -0.153. The van der Waals surface area contributed by atoms with E-state index >= 15 is 0 Å². The van der Waals surface area contributed by atoms with Crippen molar-refractivity contribution in [3.05, 3.63) is 0 Å². The van der Waals surface area contributed by atoms with Crippen molar-refractivity contribution in [1.82, 2.24) is 9.80 Å². The van der Waals surface area contributed by atoms with Gasteiger partial charge >= 0.3 is 5.97 Å². The topological polar surface area (TPSA) is 75.9 Å². The van der Waals surface area contributed by atoms with Crippen LogP contribution in [0.2, 0.25) is 0 Å². The molecule has 2 fully saturated rings. The van der Waals surface area contributed by atoms with Gasteiger partial charge in [0.1, 0.15) is 0 Å². The molecule has 0 aromatic carbocycles. The fraction of sp³-hybridized carbons (Fsp3) is 0.875. The number of hydrogen-bond donors (Lipinski definition) is 1. The minimum Gasteiger partial charge on any atom is -0.469 e. The van der Waals surface area contributed by atoms with Crippen LogP contribution in [0, 0.1) is 5.92 Å². The third-order valence-electron chi connectivity index (χ3n) is 4.99. The number of hydrogen-bond acceptors (Lipinski definition) is 5. The lowest BCUT2D eigenvalue weighted by atomic mass is 9.96. The average Bonchev–Trinajstić information content (AvgIpc) is 2.54. The van der Waals surface area contributed by atoms with Crippen LogP contribution in [0.15, 0.2) is 0 Å². The normalized spacial score (nSPS) is 24.7. The number of carbonyl (C=O) groups excluding carboxylic acids is 2. The van der Waals surface area contributed by atoms with Gasteiger partial charge in [-0.15, -0.1) is 12.4 Å². The molecule has 2 atom stereocenters. The lowest BCUT2D eigenvalue weighted by Crippen LogP contribution is -2.53. The number of nitrogens with two attached hydrogens (primary N) is 1. The number of ether oxygens (including phenoxy) is 1. The molecule has 1 amide bonds. The number of likely N-dealkylation sites (tertiary alicyclic amines) is 2. The molecule has 0 spiro atoms. The van der Waals surface area contributed by atoms with Crippen LogP contribution >= 0.6 is 12.4 Å². The van der Waals surface area contributed by atoms with Crippen molar-refractivity contribution in [2.24, 2.45) is 11.7 Å². The van der Waals surface area contributed by atoms with Gasteiger partial charge < -0.3 is 15.4 Å². The number of piperidine rings is 2. The maximum Gasteiger partial charge on any atom is 0.308 e. The van der Waals surface area contributed by atoms with E-state index in [-0.39, 0.29) is 36.2 Å². The Balaban J connectivity index is 0.00000264. The largest absolute Gasteiger partial charge is 0.469 e. The highest BCUT2D eigenvalue weighted by Crippen LogP contribution is 2.21. The highest BCUT2D eigenvalue weighted by Gasteiger charge is 2.31. The van der Waals surface area contributed by atoms with Crippen molar-refractivity contribution in [1.29, 1.82) is 0 Å². The molecule has 0 aromatic heterocycles. The van der Waals surface area contributed by atoms with Crippen LogP contribution in [-0.4, -0.2) is 67.0 Å². The SMILES string of the molecule is COC(=O)C1CCN(C(=O)CN2CCCCC2C(C)N)CC1.Cl. The van der Waals surface area contributed by atoms with E-state index in [0.717, 1.165) is 19.4 Å². The Morgan fingerprint density at radius 1 is 1.17 bits per heavy atom. The Kier molecular flexibility index (Phi) is 8.29. The second-order valence-corrected chi connectivity index (χ2v) is 6.57. The fourth-order valence-corrected chi connectivity index (χ4v) is 3.61. The van der Waals surface area contributed by atoms with E-state index in [4.69, 9.17) is 10.5 Å².